The van der Waals surface area contributed by atoms with Crippen molar-refractivity contribution in [1.82, 2.24) is 15.1 Å². The van der Waals surface area contributed by atoms with Gasteiger partial charge >= 0.3 is 0 Å². The van der Waals surface area contributed by atoms with Gasteiger partial charge in [0.1, 0.15) is 5.75 Å². The topological polar surface area (TPSA) is 61.9 Å². The molecule has 4 rings (SSSR count). The standard InChI is InChI=1S/C27H37N3O3S/c1-21-11-15-29(16-12-21)24(25-10-6-18-34-25)19-28-27(32)22-7-5-14-30(20-22)26(31)13-17-33-23-8-3-2-4-9-23/h2-4,6,8-10,18,21-22,24H,5,7,11-17,19-20H2,1H3,(H,28,32). The minimum absolute atomic E-state index is 0.0623. The van der Waals surface area contributed by atoms with Gasteiger partial charge in [-0.05, 0) is 68.3 Å². The van der Waals surface area contributed by atoms with Crippen LogP contribution in [0, 0.1) is 11.8 Å². The van der Waals surface area contributed by atoms with Gasteiger partial charge < -0.3 is 15.0 Å². The van der Waals surface area contributed by atoms with Gasteiger partial charge in [0.05, 0.1) is 25.0 Å². The van der Waals surface area contributed by atoms with Crippen molar-refractivity contribution >= 4 is 23.2 Å². The summed E-state index contributed by atoms with van der Waals surface area (Å²) in [7, 11) is 0. The number of carbonyl (C=O) groups is 2. The maximum absolute atomic E-state index is 13.1. The highest BCUT2D eigenvalue weighted by atomic mass is 32.1. The van der Waals surface area contributed by atoms with Crippen LogP contribution in [-0.4, -0.2) is 60.9 Å². The molecule has 1 aromatic carbocycles. The number of hydrogen-bond donors (Lipinski definition) is 1. The van der Waals surface area contributed by atoms with Gasteiger partial charge in [-0.25, -0.2) is 0 Å². The van der Waals surface area contributed by atoms with E-state index >= 15 is 0 Å². The second-order valence-corrected chi connectivity index (χ2v) is 10.6. The number of piperidine rings is 2. The van der Waals surface area contributed by atoms with Gasteiger partial charge in [-0.15, -0.1) is 11.3 Å². The summed E-state index contributed by atoms with van der Waals surface area (Å²) >= 11 is 1.77. The molecule has 2 aromatic rings. The Balaban J connectivity index is 1.26. The van der Waals surface area contributed by atoms with Crippen molar-refractivity contribution in [2.24, 2.45) is 11.8 Å². The molecule has 2 atom stereocenters. The molecule has 7 heteroatoms. The van der Waals surface area contributed by atoms with Gasteiger partial charge in [0.25, 0.3) is 0 Å². The molecular formula is C27H37N3O3S. The van der Waals surface area contributed by atoms with E-state index in [4.69, 9.17) is 4.74 Å². The lowest BCUT2D eigenvalue weighted by Gasteiger charge is -2.37. The summed E-state index contributed by atoms with van der Waals surface area (Å²) in [5.41, 5.74) is 0. The molecule has 0 bridgehead atoms. The average Bonchev–Trinajstić information content (AvgIpc) is 3.40. The van der Waals surface area contributed by atoms with E-state index in [0.717, 1.165) is 44.1 Å². The van der Waals surface area contributed by atoms with E-state index in [1.54, 1.807) is 11.3 Å². The number of para-hydroxylation sites is 1. The third-order valence-corrected chi connectivity index (χ3v) is 8.05. The molecule has 0 radical (unpaired) electrons. The fourth-order valence-electron chi connectivity index (χ4n) is 4.92. The molecule has 3 heterocycles. The van der Waals surface area contributed by atoms with Crippen LogP contribution < -0.4 is 10.1 Å². The van der Waals surface area contributed by atoms with E-state index < -0.39 is 0 Å². The Morgan fingerprint density at radius 2 is 1.88 bits per heavy atom. The Hall–Kier alpha value is -2.38. The van der Waals surface area contributed by atoms with Crippen LogP contribution in [0.2, 0.25) is 0 Å². The first-order valence-corrected chi connectivity index (χ1v) is 13.5. The predicted octanol–water partition coefficient (Wildman–Crippen LogP) is 4.35. The SMILES string of the molecule is CC1CCN(C(CNC(=O)C2CCCN(C(=O)CCOc3ccccc3)C2)c2cccs2)CC1. The lowest BCUT2D eigenvalue weighted by molar-refractivity contribution is -0.136. The second-order valence-electron chi connectivity index (χ2n) is 9.59. The summed E-state index contributed by atoms with van der Waals surface area (Å²) in [4.78, 5) is 31.5. The average molecular weight is 484 g/mol. The Kier molecular flexibility index (Phi) is 8.99. The van der Waals surface area contributed by atoms with Crippen molar-refractivity contribution in [3.8, 4) is 5.75 Å². The largest absolute Gasteiger partial charge is 0.493 e. The molecular weight excluding hydrogens is 446 g/mol. The van der Waals surface area contributed by atoms with Gasteiger partial charge in [-0.2, -0.15) is 0 Å². The summed E-state index contributed by atoms with van der Waals surface area (Å²) < 4.78 is 5.68. The van der Waals surface area contributed by atoms with E-state index in [9.17, 15) is 9.59 Å². The van der Waals surface area contributed by atoms with Crippen molar-refractivity contribution in [3.63, 3.8) is 0 Å². The molecule has 6 nitrogen and oxygen atoms in total. The van der Waals surface area contributed by atoms with Gasteiger partial charge in [-0.3, -0.25) is 14.5 Å². The smallest absolute Gasteiger partial charge is 0.226 e. The van der Waals surface area contributed by atoms with Crippen LogP contribution in [0.5, 0.6) is 5.75 Å². The highest BCUT2D eigenvalue weighted by Crippen LogP contribution is 2.29. The van der Waals surface area contributed by atoms with Crippen molar-refractivity contribution in [2.75, 3.05) is 39.3 Å². The number of benzene rings is 1. The molecule has 2 fully saturated rings. The van der Waals surface area contributed by atoms with Gasteiger partial charge in [0, 0.05) is 24.5 Å². The van der Waals surface area contributed by atoms with Gasteiger partial charge in [0.2, 0.25) is 11.8 Å². The van der Waals surface area contributed by atoms with E-state index in [1.165, 1.54) is 17.7 Å². The van der Waals surface area contributed by atoms with E-state index in [1.807, 2.05) is 35.2 Å². The van der Waals surface area contributed by atoms with Crippen molar-refractivity contribution in [1.29, 1.82) is 0 Å². The van der Waals surface area contributed by atoms with Crippen LogP contribution in [0.25, 0.3) is 0 Å². The number of likely N-dealkylation sites (tertiary alicyclic amines) is 2. The Labute approximate surface area is 207 Å². The van der Waals surface area contributed by atoms with Crippen molar-refractivity contribution < 1.29 is 14.3 Å². The van der Waals surface area contributed by atoms with Gasteiger partial charge in [-0.1, -0.05) is 31.2 Å². The fraction of sp³-hybridized carbons (Fsp3) is 0.556. The van der Waals surface area contributed by atoms with E-state index in [0.29, 0.717) is 26.1 Å². The van der Waals surface area contributed by atoms with Gasteiger partial charge in [0.15, 0.2) is 0 Å². The number of thiophene rings is 1. The lowest BCUT2D eigenvalue weighted by atomic mass is 9.96. The minimum atomic E-state index is -0.141. The molecule has 2 unspecified atom stereocenters. The third kappa shape index (κ3) is 6.83. The second kappa shape index (κ2) is 12.4. The molecule has 0 aliphatic carbocycles. The Morgan fingerprint density at radius 1 is 1.09 bits per heavy atom. The zero-order valence-corrected chi connectivity index (χ0v) is 21.0. The van der Waals surface area contributed by atoms with Crippen LogP contribution in [0.3, 0.4) is 0 Å². The maximum Gasteiger partial charge on any atom is 0.226 e. The number of amides is 2. The molecule has 1 aromatic heterocycles. The molecule has 184 valence electrons. The van der Waals surface area contributed by atoms with Crippen molar-refractivity contribution in [3.05, 3.63) is 52.7 Å². The molecule has 2 aliphatic heterocycles. The number of carbonyl (C=O) groups excluding carboxylic acids is 2. The van der Waals surface area contributed by atoms with Crippen LogP contribution in [-0.2, 0) is 9.59 Å². The highest BCUT2D eigenvalue weighted by molar-refractivity contribution is 7.10. The number of nitrogens with zero attached hydrogens (tertiary/aromatic N) is 2. The van der Waals surface area contributed by atoms with Crippen LogP contribution in [0.4, 0.5) is 0 Å². The number of nitrogens with one attached hydrogen (secondary N) is 1. The Bertz CT molecular complexity index is 897. The van der Waals surface area contributed by atoms with Crippen LogP contribution in [0.15, 0.2) is 47.8 Å². The highest BCUT2D eigenvalue weighted by Gasteiger charge is 2.30. The van der Waals surface area contributed by atoms with E-state index in [-0.39, 0.29) is 23.8 Å². The van der Waals surface area contributed by atoms with Crippen LogP contribution >= 0.6 is 11.3 Å². The predicted molar refractivity (Wildman–Crippen MR) is 136 cm³/mol. The molecule has 1 N–H and O–H groups in total. The fourth-order valence-corrected chi connectivity index (χ4v) is 5.78. The zero-order chi connectivity index (χ0) is 23.8. The quantitative estimate of drug-likeness (QED) is 0.576. The first kappa shape index (κ1) is 24.7. The number of ether oxygens (including phenoxy) is 1. The molecule has 34 heavy (non-hydrogen) atoms. The summed E-state index contributed by atoms with van der Waals surface area (Å²) in [5.74, 6) is 1.55. The minimum Gasteiger partial charge on any atom is -0.493 e. The van der Waals surface area contributed by atoms with E-state index in [2.05, 4.69) is 34.7 Å². The summed E-state index contributed by atoms with van der Waals surface area (Å²) in [6, 6.07) is 14.0. The molecule has 0 spiro atoms. The number of hydrogen-bond acceptors (Lipinski definition) is 5. The number of rotatable bonds is 9. The molecule has 0 saturated carbocycles. The summed E-state index contributed by atoms with van der Waals surface area (Å²) in [5, 5.41) is 5.35. The van der Waals surface area contributed by atoms with Crippen molar-refractivity contribution in [2.45, 2.75) is 45.1 Å². The first-order chi connectivity index (χ1) is 16.6. The van der Waals surface area contributed by atoms with Crippen LogP contribution in [0.1, 0.15) is 49.9 Å². The molecule has 2 saturated heterocycles. The third-order valence-electron chi connectivity index (χ3n) is 7.07. The monoisotopic (exact) mass is 483 g/mol. The Morgan fingerprint density at radius 3 is 2.62 bits per heavy atom. The maximum atomic E-state index is 13.1. The zero-order valence-electron chi connectivity index (χ0n) is 20.2. The first-order valence-electron chi connectivity index (χ1n) is 12.6. The normalized spacial score (nSPS) is 20.6. The summed E-state index contributed by atoms with van der Waals surface area (Å²) in [6.07, 6.45) is 4.45. The molecule has 2 amide bonds. The lowest BCUT2D eigenvalue weighted by Crippen LogP contribution is -2.47. The molecule has 2 aliphatic rings. The summed E-state index contributed by atoms with van der Waals surface area (Å²) in [6.45, 7) is 6.69.